The zero-order valence-corrected chi connectivity index (χ0v) is 13.7. The summed E-state index contributed by atoms with van der Waals surface area (Å²) in [6.07, 6.45) is 1.16. The number of hydrogen-bond acceptors (Lipinski definition) is 5. The first-order chi connectivity index (χ1) is 11.5. The van der Waals surface area contributed by atoms with Crippen molar-refractivity contribution in [1.29, 1.82) is 0 Å². The molecule has 0 unspecified atom stereocenters. The first kappa shape index (κ1) is 16.2. The number of nitrogens with one attached hydrogen (secondary N) is 1. The highest BCUT2D eigenvalue weighted by Crippen LogP contribution is 2.15. The Kier molecular flexibility index (Phi) is 4.59. The number of imide groups is 1. The van der Waals surface area contributed by atoms with Crippen molar-refractivity contribution in [1.82, 2.24) is 20.4 Å². The number of amides is 3. The van der Waals surface area contributed by atoms with E-state index in [1.165, 1.54) is 0 Å². The maximum Gasteiger partial charge on any atom is 0.325 e. The Balaban J connectivity index is 1.65. The van der Waals surface area contributed by atoms with Crippen LogP contribution in [0.15, 0.2) is 34.9 Å². The highest BCUT2D eigenvalue weighted by atomic mass is 16.5. The topological polar surface area (TPSA) is 88.3 Å². The Morgan fingerprint density at radius 2 is 2.00 bits per heavy atom. The number of nitrogens with zero attached hydrogens (tertiary/aromatic N) is 3. The minimum atomic E-state index is -0.557. The molecule has 1 N–H and O–H groups in total. The lowest BCUT2D eigenvalue weighted by atomic mass is 10.1. The van der Waals surface area contributed by atoms with Crippen molar-refractivity contribution in [3.05, 3.63) is 47.6 Å². The van der Waals surface area contributed by atoms with Crippen LogP contribution < -0.4 is 5.32 Å². The summed E-state index contributed by atoms with van der Waals surface area (Å²) < 4.78 is 5.14. The maximum atomic E-state index is 12.5. The molecule has 3 rings (SSSR count). The summed E-state index contributed by atoms with van der Waals surface area (Å²) in [5.41, 5.74) is 0.995. The standard InChI is InChI=1S/C17H20N4O3/c1-11(2)8-14-19-15(24-20-14)10-21-16(22)13(18-17(21)23)9-12-6-4-3-5-7-12/h3-7,11,13H,8-10H2,1-2H3,(H,18,23)/t13-/m0/s1. The fourth-order valence-electron chi connectivity index (χ4n) is 2.65. The summed E-state index contributed by atoms with van der Waals surface area (Å²) in [5, 5.41) is 6.59. The average molecular weight is 328 g/mol. The third kappa shape index (κ3) is 3.61. The average Bonchev–Trinajstić information content (AvgIpc) is 3.08. The lowest BCUT2D eigenvalue weighted by Gasteiger charge is -2.10. The van der Waals surface area contributed by atoms with Crippen molar-refractivity contribution in [2.75, 3.05) is 0 Å². The predicted octanol–water partition coefficient (Wildman–Crippen LogP) is 1.93. The van der Waals surface area contributed by atoms with Crippen molar-refractivity contribution in [3.63, 3.8) is 0 Å². The smallest absolute Gasteiger partial charge is 0.325 e. The molecule has 7 heteroatoms. The Labute approximate surface area is 140 Å². The van der Waals surface area contributed by atoms with Crippen LogP contribution in [0.25, 0.3) is 0 Å². The van der Waals surface area contributed by atoms with Gasteiger partial charge in [0.15, 0.2) is 5.82 Å². The highest BCUT2D eigenvalue weighted by molar-refractivity contribution is 6.04. The predicted molar refractivity (Wildman–Crippen MR) is 85.9 cm³/mol. The molecule has 0 radical (unpaired) electrons. The summed E-state index contributed by atoms with van der Waals surface area (Å²) in [4.78, 5) is 29.9. The van der Waals surface area contributed by atoms with Gasteiger partial charge in [0.2, 0.25) is 5.89 Å². The summed E-state index contributed by atoms with van der Waals surface area (Å²) in [5.74, 6) is 0.997. The molecule has 126 valence electrons. The van der Waals surface area contributed by atoms with Gasteiger partial charge in [-0.1, -0.05) is 49.3 Å². The Bertz CT molecular complexity index is 726. The van der Waals surface area contributed by atoms with Crippen molar-refractivity contribution >= 4 is 11.9 Å². The van der Waals surface area contributed by atoms with Crippen LogP contribution in [0.4, 0.5) is 4.79 Å². The monoisotopic (exact) mass is 328 g/mol. The van der Waals surface area contributed by atoms with E-state index in [1.807, 2.05) is 30.3 Å². The lowest BCUT2D eigenvalue weighted by molar-refractivity contribution is -0.128. The van der Waals surface area contributed by atoms with Gasteiger partial charge in [-0.25, -0.2) is 4.79 Å². The van der Waals surface area contributed by atoms with Gasteiger partial charge in [0, 0.05) is 12.8 Å². The number of hydrogen-bond donors (Lipinski definition) is 1. The maximum absolute atomic E-state index is 12.5. The molecule has 1 aliphatic rings. The van der Waals surface area contributed by atoms with Gasteiger partial charge in [-0.15, -0.1) is 0 Å². The van der Waals surface area contributed by atoms with E-state index in [4.69, 9.17) is 4.52 Å². The zero-order chi connectivity index (χ0) is 17.1. The van der Waals surface area contributed by atoms with Crippen LogP contribution in [-0.4, -0.2) is 33.0 Å². The van der Waals surface area contributed by atoms with Crippen LogP contribution >= 0.6 is 0 Å². The molecule has 1 aliphatic heterocycles. The molecule has 1 saturated heterocycles. The highest BCUT2D eigenvalue weighted by Gasteiger charge is 2.38. The molecule has 0 spiro atoms. The van der Waals surface area contributed by atoms with E-state index in [0.717, 1.165) is 10.5 Å². The van der Waals surface area contributed by atoms with E-state index in [9.17, 15) is 9.59 Å². The number of carbonyl (C=O) groups excluding carboxylic acids is 2. The number of urea groups is 1. The van der Waals surface area contributed by atoms with E-state index in [1.54, 1.807) is 0 Å². The first-order valence-corrected chi connectivity index (χ1v) is 8.00. The number of rotatable bonds is 6. The Hall–Kier alpha value is -2.70. The van der Waals surface area contributed by atoms with Crippen molar-refractivity contribution in [2.45, 2.75) is 39.3 Å². The molecular weight excluding hydrogens is 308 g/mol. The molecule has 0 bridgehead atoms. The van der Waals surface area contributed by atoms with Crippen molar-refractivity contribution in [2.24, 2.45) is 5.92 Å². The molecule has 0 saturated carbocycles. The summed E-state index contributed by atoms with van der Waals surface area (Å²) >= 11 is 0. The van der Waals surface area contributed by atoms with E-state index >= 15 is 0 Å². The normalized spacial score (nSPS) is 17.6. The molecule has 1 fully saturated rings. The Morgan fingerprint density at radius 3 is 2.71 bits per heavy atom. The second-order valence-electron chi connectivity index (χ2n) is 6.32. The van der Waals surface area contributed by atoms with Gasteiger partial charge in [0.25, 0.3) is 5.91 Å². The molecule has 1 aromatic heterocycles. The van der Waals surface area contributed by atoms with Crippen LogP contribution in [0, 0.1) is 5.92 Å². The second kappa shape index (κ2) is 6.82. The van der Waals surface area contributed by atoms with E-state index in [2.05, 4.69) is 29.3 Å². The number of carbonyl (C=O) groups is 2. The molecule has 2 aromatic rings. The van der Waals surface area contributed by atoms with E-state index in [0.29, 0.717) is 24.6 Å². The fraction of sp³-hybridized carbons (Fsp3) is 0.412. The van der Waals surface area contributed by atoms with Gasteiger partial charge in [-0.2, -0.15) is 4.98 Å². The largest absolute Gasteiger partial charge is 0.337 e. The summed E-state index contributed by atoms with van der Waals surface area (Å²) in [6, 6.07) is 8.60. The molecule has 24 heavy (non-hydrogen) atoms. The quantitative estimate of drug-likeness (QED) is 0.819. The van der Waals surface area contributed by atoms with E-state index in [-0.39, 0.29) is 18.3 Å². The van der Waals surface area contributed by atoms with Crippen LogP contribution in [-0.2, 0) is 24.2 Å². The first-order valence-electron chi connectivity index (χ1n) is 8.00. The van der Waals surface area contributed by atoms with Gasteiger partial charge in [0.05, 0.1) is 0 Å². The minimum Gasteiger partial charge on any atom is -0.337 e. The summed E-state index contributed by atoms with van der Waals surface area (Å²) in [7, 11) is 0. The molecule has 1 atom stereocenters. The van der Waals surface area contributed by atoms with Crippen LogP contribution in [0.3, 0.4) is 0 Å². The molecule has 0 aliphatic carbocycles. The van der Waals surface area contributed by atoms with E-state index < -0.39 is 12.1 Å². The van der Waals surface area contributed by atoms with Gasteiger partial charge >= 0.3 is 6.03 Å². The van der Waals surface area contributed by atoms with Gasteiger partial charge in [-0.3, -0.25) is 9.69 Å². The Morgan fingerprint density at radius 1 is 1.25 bits per heavy atom. The molecule has 1 aromatic carbocycles. The SMILES string of the molecule is CC(C)Cc1noc(CN2C(=O)N[C@@H](Cc3ccccc3)C2=O)n1. The molecular formula is C17H20N4O3. The minimum absolute atomic E-state index is 0.00104. The van der Waals surface area contributed by atoms with Gasteiger partial charge < -0.3 is 9.84 Å². The third-order valence-corrected chi connectivity index (χ3v) is 3.78. The van der Waals surface area contributed by atoms with Crippen LogP contribution in [0.2, 0.25) is 0 Å². The number of benzene rings is 1. The second-order valence-corrected chi connectivity index (χ2v) is 6.32. The van der Waals surface area contributed by atoms with Crippen molar-refractivity contribution in [3.8, 4) is 0 Å². The van der Waals surface area contributed by atoms with Crippen LogP contribution in [0.1, 0.15) is 31.1 Å². The van der Waals surface area contributed by atoms with Crippen LogP contribution in [0.5, 0.6) is 0 Å². The lowest BCUT2D eigenvalue weighted by Crippen LogP contribution is -2.32. The molecule has 7 nitrogen and oxygen atoms in total. The summed E-state index contributed by atoms with van der Waals surface area (Å²) in [6.45, 7) is 4.12. The fourth-order valence-corrected chi connectivity index (χ4v) is 2.65. The molecule has 3 amide bonds. The van der Waals surface area contributed by atoms with Crippen molar-refractivity contribution < 1.29 is 14.1 Å². The van der Waals surface area contributed by atoms with Gasteiger partial charge in [-0.05, 0) is 11.5 Å². The zero-order valence-electron chi connectivity index (χ0n) is 13.7. The third-order valence-electron chi connectivity index (χ3n) is 3.78. The van der Waals surface area contributed by atoms with Gasteiger partial charge in [0.1, 0.15) is 12.6 Å². The molecule has 2 heterocycles. The number of aromatic nitrogens is 2.